The Kier molecular flexibility index (Phi) is 2.79. The first-order chi connectivity index (χ1) is 7.97. The number of hydrogen-bond donors (Lipinski definition) is 0. The van der Waals surface area contributed by atoms with E-state index in [0.29, 0.717) is 10.6 Å². The fraction of sp³-hybridized carbons (Fsp3) is 0.333. The molecular formula is C12H13NO3S. The van der Waals surface area contributed by atoms with Crippen molar-refractivity contribution in [1.82, 2.24) is 4.40 Å². The Balaban J connectivity index is 2.79. The molecule has 0 unspecified atom stereocenters. The minimum atomic E-state index is -0.356. The number of nitrogens with zero attached hydrogens (tertiary/aromatic N) is 1. The van der Waals surface area contributed by atoms with Crippen LogP contribution in [0.1, 0.15) is 38.3 Å². The van der Waals surface area contributed by atoms with Gasteiger partial charge in [-0.25, -0.2) is 4.79 Å². The van der Waals surface area contributed by atoms with Crippen molar-refractivity contribution in [2.75, 3.05) is 7.11 Å². The number of ether oxygens (including phenoxy) is 1. The summed E-state index contributed by atoms with van der Waals surface area (Å²) in [5, 5.41) is 0. The van der Waals surface area contributed by atoms with Crippen LogP contribution in [0.3, 0.4) is 0 Å². The maximum absolute atomic E-state index is 11.6. The number of esters is 1. The highest BCUT2D eigenvalue weighted by Gasteiger charge is 2.21. The van der Waals surface area contributed by atoms with Crippen LogP contribution in [0.15, 0.2) is 6.07 Å². The lowest BCUT2D eigenvalue weighted by molar-refractivity contribution is 0.0604. The van der Waals surface area contributed by atoms with Gasteiger partial charge in [-0.05, 0) is 25.5 Å². The molecule has 2 aromatic rings. The van der Waals surface area contributed by atoms with Gasteiger partial charge < -0.3 is 9.14 Å². The lowest BCUT2D eigenvalue weighted by Crippen LogP contribution is -2.04. The van der Waals surface area contributed by atoms with Gasteiger partial charge in [-0.15, -0.1) is 11.3 Å². The molecule has 5 heteroatoms. The SMILES string of the molecule is COC(=O)c1sc2c(C)cc(C(C)=O)n2c1C. The van der Waals surface area contributed by atoms with Gasteiger partial charge in [0.1, 0.15) is 9.71 Å². The summed E-state index contributed by atoms with van der Waals surface area (Å²) in [6.07, 6.45) is 0. The Hall–Kier alpha value is -1.62. The molecule has 0 fully saturated rings. The molecule has 90 valence electrons. The zero-order valence-electron chi connectivity index (χ0n) is 10.2. The van der Waals surface area contributed by atoms with Crippen molar-refractivity contribution >= 4 is 27.9 Å². The smallest absolute Gasteiger partial charge is 0.349 e. The lowest BCUT2D eigenvalue weighted by atomic mass is 10.3. The van der Waals surface area contributed by atoms with E-state index < -0.39 is 0 Å². The van der Waals surface area contributed by atoms with Gasteiger partial charge in [0.25, 0.3) is 0 Å². The van der Waals surface area contributed by atoms with Gasteiger partial charge in [0.2, 0.25) is 0 Å². The number of ketones is 1. The van der Waals surface area contributed by atoms with Crippen molar-refractivity contribution in [3.05, 3.63) is 27.9 Å². The fourth-order valence-corrected chi connectivity index (χ4v) is 3.03. The normalized spacial score (nSPS) is 10.8. The molecule has 2 heterocycles. The van der Waals surface area contributed by atoms with Crippen molar-refractivity contribution in [2.24, 2.45) is 0 Å². The predicted octanol–water partition coefficient (Wildman–Crippen LogP) is 2.61. The second-order valence-corrected chi connectivity index (χ2v) is 4.92. The van der Waals surface area contributed by atoms with Crippen LogP contribution in [-0.2, 0) is 4.74 Å². The van der Waals surface area contributed by atoms with Crippen LogP contribution in [0.4, 0.5) is 0 Å². The molecule has 0 bridgehead atoms. The van der Waals surface area contributed by atoms with E-state index in [9.17, 15) is 9.59 Å². The van der Waals surface area contributed by atoms with E-state index in [1.54, 1.807) is 0 Å². The molecule has 0 amide bonds. The number of carbonyl (C=O) groups excluding carboxylic acids is 2. The fourth-order valence-electron chi connectivity index (χ4n) is 1.89. The lowest BCUT2D eigenvalue weighted by Gasteiger charge is -1.99. The number of thiazole rings is 1. The summed E-state index contributed by atoms with van der Waals surface area (Å²) < 4.78 is 6.56. The number of methoxy groups -OCH3 is 1. The predicted molar refractivity (Wildman–Crippen MR) is 66.1 cm³/mol. The first-order valence-electron chi connectivity index (χ1n) is 5.18. The first kappa shape index (κ1) is 11.9. The van der Waals surface area contributed by atoms with Crippen LogP contribution in [-0.4, -0.2) is 23.3 Å². The Morgan fingerprint density at radius 2 is 2.00 bits per heavy atom. The van der Waals surface area contributed by atoms with Crippen molar-refractivity contribution < 1.29 is 14.3 Å². The number of fused-ring (bicyclic) bond motifs is 1. The number of aryl methyl sites for hydroxylation is 2. The molecule has 0 radical (unpaired) electrons. The van der Waals surface area contributed by atoms with Gasteiger partial charge in [-0.2, -0.15) is 0 Å². The van der Waals surface area contributed by atoms with Crippen LogP contribution < -0.4 is 0 Å². The molecule has 0 aliphatic heterocycles. The molecule has 0 spiro atoms. The van der Waals surface area contributed by atoms with Crippen molar-refractivity contribution in [3.63, 3.8) is 0 Å². The van der Waals surface area contributed by atoms with Crippen LogP contribution in [0.2, 0.25) is 0 Å². The molecular weight excluding hydrogens is 238 g/mol. The summed E-state index contributed by atoms with van der Waals surface area (Å²) in [5.74, 6) is -0.365. The monoisotopic (exact) mass is 251 g/mol. The summed E-state index contributed by atoms with van der Waals surface area (Å²) in [5.41, 5.74) is 2.37. The van der Waals surface area contributed by atoms with Gasteiger partial charge in [-0.3, -0.25) is 4.79 Å². The molecule has 0 aliphatic carbocycles. The highest BCUT2D eigenvalue weighted by Crippen LogP contribution is 2.29. The Bertz CT molecular complexity index is 621. The standard InChI is InChI=1S/C12H13NO3S/c1-6-5-9(8(3)14)13-7(2)10(12(15)16-4)17-11(6)13/h5H,1-4H3. The van der Waals surface area contributed by atoms with Gasteiger partial charge in [-0.1, -0.05) is 0 Å². The van der Waals surface area contributed by atoms with Crippen molar-refractivity contribution in [2.45, 2.75) is 20.8 Å². The summed E-state index contributed by atoms with van der Waals surface area (Å²) in [7, 11) is 1.36. The Morgan fingerprint density at radius 1 is 1.35 bits per heavy atom. The van der Waals surface area contributed by atoms with Crippen molar-refractivity contribution in [1.29, 1.82) is 0 Å². The molecule has 17 heavy (non-hydrogen) atoms. The summed E-state index contributed by atoms with van der Waals surface area (Å²) in [4.78, 5) is 24.6. The summed E-state index contributed by atoms with van der Waals surface area (Å²) in [6, 6.07) is 1.85. The molecule has 2 rings (SSSR count). The van der Waals surface area contributed by atoms with Gasteiger partial charge in [0.15, 0.2) is 5.78 Å². The number of rotatable bonds is 2. The minimum absolute atomic E-state index is 0.00887. The highest BCUT2D eigenvalue weighted by molar-refractivity contribution is 7.19. The van der Waals surface area contributed by atoms with Gasteiger partial charge in [0.05, 0.1) is 12.8 Å². The van der Waals surface area contributed by atoms with E-state index >= 15 is 0 Å². The van der Waals surface area contributed by atoms with Crippen LogP contribution in [0.5, 0.6) is 0 Å². The second-order valence-electron chi connectivity index (χ2n) is 3.92. The molecule has 0 saturated heterocycles. The molecule has 0 saturated carbocycles. The molecule has 4 nitrogen and oxygen atoms in total. The summed E-state index contributed by atoms with van der Waals surface area (Å²) in [6.45, 7) is 5.27. The third-order valence-corrected chi connectivity index (χ3v) is 4.09. The highest BCUT2D eigenvalue weighted by atomic mass is 32.1. The topological polar surface area (TPSA) is 47.8 Å². The van der Waals surface area contributed by atoms with E-state index in [-0.39, 0.29) is 11.8 Å². The Morgan fingerprint density at radius 3 is 2.53 bits per heavy atom. The molecule has 0 N–H and O–H groups in total. The van der Waals surface area contributed by atoms with E-state index in [2.05, 4.69) is 0 Å². The third-order valence-electron chi connectivity index (χ3n) is 2.73. The van der Waals surface area contributed by atoms with Crippen LogP contribution >= 0.6 is 11.3 Å². The minimum Gasteiger partial charge on any atom is -0.465 e. The molecule has 0 aromatic carbocycles. The zero-order chi connectivity index (χ0) is 12.7. The number of hydrogen-bond acceptors (Lipinski definition) is 4. The van der Waals surface area contributed by atoms with E-state index in [4.69, 9.17) is 4.74 Å². The molecule has 0 aliphatic rings. The average molecular weight is 251 g/mol. The van der Waals surface area contributed by atoms with Gasteiger partial charge in [0, 0.05) is 12.6 Å². The average Bonchev–Trinajstić information content (AvgIpc) is 2.78. The number of carbonyl (C=O) groups is 2. The first-order valence-corrected chi connectivity index (χ1v) is 5.99. The zero-order valence-corrected chi connectivity index (χ0v) is 11.0. The third kappa shape index (κ3) is 1.67. The molecule has 0 atom stereocenters. The van der Waals surface area contributed by atoms with Crippen molar-refractivity contribution in [3.8, 4) is 0 Å². The van der Waals surface area contributed by atoms with E-state index in [1.165, 1.54) is 25.4 Å². The van der Waals surface area contributed by atoms with Crippen LogP contribution in [0, 0.1) is 13.8 Å². The number of aromatic nitrogens is 1. The van der Waals surface area contributed by atoms with Crippen LogP contribution in [0.25, 0.3) is 4.83 Å². The van der Waals surface area contributed by atoms with E-state index in [1.807, 2.05) is 24.3 Å². The van der Waals surface area contributed by atoms with Gasteiger partial charge >= 0.3 is 5.97 Å². The number of Topliss-reactive ketones (excluding diaryl/α,β-unsaturated/α-hetero) is 1. The largest absolute Gasteiger partial charge is 0.465 e. The summed E-state index contributed by atoms with van der Waals surface area (Å²) >= 11 is 1.36. The quantitative estimate of drug-likeness (QED) is 0.609. The second kappa shape index (κ2) is 4.00. The Labute approximate surface area is 103 Å². The maximum atomic E-state index is 11.6. The molecule has 2 aromatic heterocycles. The maximum Gasteiger partial charge on any atom is 0.349 e. The van der Waals surface area contributed by atoms with E-state index in [0.717, 1.165) is 16.1 Å².